The van der Waals surface area contributed by atoms with Gasteiger partial charge in [-0.25, -0.2) is 0 Å². The number of carbonyl (C=O) groups is 2. The first kappa shape index (κ1) is 19.3. The maximum absolute atomic E-state index is 12.6. The third-order valence-corrected chi connectivity index (χ3v) is 4.75. The molecule has 0 aromatic heterocycles. The van der Waals surface area contributed by atoms with Crippen LogP contribution in [0.2, 0.25) is 0 Å². The van der Waals surface area contributed by atoms with Gasteiger partial charge in [0, 0.05) is 13.5 Å². The molecule has 0 saturated heterocycles. The van der Waals surface area contributed by atoms with Crippen molar-refractivity contribution in [3.05, 3.63) is 29.3 Å². The molecule has 138 valence electrons. The summed E-state index contributed by atoms with van der Waals surface area (Å²) in [6.45, 7) is 6.72. The summed E-state index contributed by atoms with van der Waals surface area (Å²) in [5, 5.41) is 5.82. The summed E-state index contributed by atoms with van der Waals surface area (Å²) in [6.07, 6.45) is 5.24. The van der Waals surface area contributed by atoms with E-state index in [0.717, 1.165) is 49.0 Å². The average molecular weight is 346 g/mol. The number of carbonyl (C=O) groups excluding carboxylic acids is 2. The van der Waals surface area contributed by atoms with Crippen LogP contribution in [0.1, 0.15) is 57.1 Å². The van der Waals surface area contributed by atoms with Crippen LogP contribution in [0.25, 0.3) is 0 Å². The lowest BCUT2D eigenvalue weighted by Gasteiger charge is -2.23. The third-order valence-electron chi connectivity index (χ3n) is 4.75. The molecule has 2 rings (SSSR count). The van der Waals surface area contributed by atoms with Gasteiger partial charge in [-0.3, -0.25) is 9.59 Å². The Balaban J connectivity index is 1.95. The Morgan fingerprint density at radius 3 is 2.60 bits per heavy atom. The summed E-state index contributed by atoms with van der Waals surface area (Å²) in [6, 6.07) is 5.50. The van der Waals surface area contributed by atoms with Gasteiger partial charge in [-0.2, -0.15) is 0 Å². The van der Waals surface area contributed by atoms with Crippen molar-refractivity contribution in [2.75, 3.05) is 6.61 Å². The number of ether oxygens (including phenoxy) is 1. The van der Waals surface area contributed by atoms with Gasteiger partial charge in [-0.15, -0.1) is 0 Å². The highest BCUT2D eigenvalue weighted by molar-refractivity contribution is 5.87. The standard InChI is InChI=1S/C20H30N2O3/c1-4-11-25-18-10-9-17(14(2)12-18)13-21-20(24)19(22-15(3)23)16-7-5-6-8-16/h9-10,12,16,19H,4-8,11,13H2,1-3H3,(H,21,24)(H,22,23)/t19-/m1/s1. The summed E-state index contributed by atoms with van der Waals surface area (Å²) < 4.78 is 5.63. The Kier molecular flexibility index (Phi) is 7.29. The van der Waals surface area contributed by atoms with Gasteiger partial charge >= 0.3 is 0 Å². The van der Waals surface area contributed by atoms with Crippen LogP contribution >= 0.6 is 0 Å². The highest BCUT2D eigenvalue weighted by atomic mass is 16.5. The lowest BCUT2D eigenvalue weighted by atomic mass is 9.97. The molecule has 0 heterocycles. The largest absolute Gasteiger partial charge is 0.494 e. The fourth-order valence-electron chi connectivity index (χ4n) is 3.38. The average Bonchev–Trinajstić information content (AvgIpc) is 3.10. The van der Waals surface area contributed by atoms with Gasteiger partial charge in [0.15, 0.2) is 0 Å². The Labute approximate surface area is 150 Å². The van der Waals surface area contributed by atoms with Crippen molar-refractivity contribution in [1.82, 2.24) is 10.6 Å². The molecule has 5 nitrogen and oxygen atoms in total. The van der Waals surface area contributed by atoms with Crippen LogP contribution < -0.4 is 15.4 Å². The van der Waals surface area contributed by atoms with Crippen molar-refractivity contribution in [2.24, 2.45) is 5.92 Å². The normalized spacial score (nSPS) is 15.6. The number of nitrogens with one attached hydrogen (secondary N) is 2. The van der Waals surface area contributed by atoms with E-state index in [2.05, 4.69) is 17.6 Å². The molecule has 1 atom stereocenters. The van der Waals surface area contributed by atoms with E-state index in [1.807, 2.05) is 25.1 Å². The van der Waals surface area contributed by atoms with Crippen molar-refractivity contribution in [2.45, 2.75) is 65.5 Å². The third kappa shape index (κ3) is 5.76. The predicted molar refractivity (Wildman–Crippen MR) is 98.4 cm³/mol. The van der Waals surface area contributed by atoms with Gasteiger partial charge in [-0.05, 0) is 55.4 Å². The molecule has 2 amide bonds. The molecule has 1 aliphatic rings. The second kappa shape index (κ2) is 9.44. The van der Waals surface area contributed by atoms with E-state index in [9.17, 15) is 9.59 Å². The lowest BCUT2D eigenvalue weighted by molar-refractivity contribution is -0.129. The zero-order valence-electron chi connectivity index (χ0n) is 15.6. The minimum absolute atomic E-state index is 0.0900. The van der Waals surface area contributed by atoms with Gasteiger partial charge in [0.1, 0.15) is 11.8 Å². The Bertz CT molecular complexity index is 595. The first-order valence-electron chi connectivity index (χ1n) is 9.28. The molecule has 1 aromatic rings. The first-order valence-corrected chi connectivity index (χ1v) is 9.28. The molecule has 1 saturated carbocycles. The van der Waals surface area contributed by atoms with Crippen LogP contribution in [0.5, 0.6) is 5.75 Å². The van der Waals surface area contributed by atoms with Gasteiger partial charge < -0.3 is 15.4 Å². The fourth-order valence-corrected chi connectivity index (χ4v) is 3.38. The zero-order valence-corrected chi connectivity index (χ0v) is 15.6. The van der Waals surface area contributed by atoms with Crippen molar-refractivity contribution < 1.29 is 14.3 Å². The van der Waals surface area contributed by atoms with E-state index >= 15 is 0 Å². The van der Waals surface area contributed by atoms with Gasteiger partial charge in [0.2, 0.25) is 11.8 Å². The van der Waals surface area contributed by atoms with E-state index < -0.39 is 6.04 Å². The van der Waals surface area contributed by atoms with Crippen molar-refractivity contribution in [1.29, 1.82) is 0 Å². The Morgan fingerprint density at radius 1 is 1.28 bits per heavy atom. The van der Waals surface area contributed by atoms with Crippen molar-refractivity contribution in [3.8, 4) is 5.75 Å². The highest BCUT2D eigenvalue weighted by Gasteiger charge is 2.31. The van der Waals surface area contributed by atoms with Crippen LogP contribution in [-0.4, -0.2) is 24.5 Å². The number of aryl methyl sites for hydroxylation is 1. The van der Waals surface area contributed by atoms with Gasteiger partial charge in [0.25, 0.3) is 0 Å². The van der Waals surface area contributed by atoms with Crippen LogP contribution in [0.15, 0.2) is 18.2 Å². The number of benzene rings is 1. The molecule has 5 heteroatoms. The monoisotopic (exact) mass is 346 g/mol. The SMILES string of the molecule is CCCOc1ccc(CNC(=O)[C@H](NC(C)=O)C2CCCC2)c(C)c1. The van der Waals surface area contributed by atoms with E-state index in [4.69, 9.17) is 4.74 Å². The molecule has 0 unspecified atom stereocenters. The molecule has 0 aliphatic heterocycles. The molecule has 0 bridgehead atoms. The molecule has 1 fully saturated rings. The predicted octanol–water partition coefficient (Wildman–Crippen LogP) is 3.09. The second-order valence-corrected chi connectivity index (χ2v) is 6.88. The molecule has 1 aliphatic carbocycles. The van der Waals surface area contributed by atoms with Gasteiger partial charge in [0.05, 0.1) is 6.61 Å². The van der Waals surface area contributed by atoms with E-state index in [1.165, 1.54) is 6.92 Å². The quantitative estimate of drug-likeness (QED) is 0.760. The minimum Gasteiger partial charge on any atom is -0.494 e. The maximum atomic E-state index is 12.6. The molecule has 0 radical (unpaired) electrons. The molecule has 0 spiro atoms. The van der Waals surface area contributed by atoms with Crippen LogP contribution in [0.4, 0.5) is 0 Å². The number of hydrogen-bond acceptors (Lipinski definition) is 3. The van der Waals surface area contributed by atoms with Crippen molar-refractivity contribution >= 4 is 11.8 Å². The number of rotatable bonds is 8. The Morgan fingerprint density at radius 2 is 2.00 bits per heavy atom. The highest BCUT2D eigenvalue weighted by Crippen LogP contribution is 2.28. The summed E-state index contributed by atoms with van der Waals surface area (Å²) in [4.78, 5) is 24.1. The fraction of sp³-hybridized carbons (Fsp3) is 0.600. The molecular weight excluding hydrogens is 316 g/mol. The Hall–Kier alpha value is -2.04. The van der Waals surface area contributed by atoms with E-state index in [-0.39, 0.29) is 17.7 Å². The van der Waals surface area contributed by atoms with Crippen LogP contribution in [0, 0.1) is 12.8 Å². The van der Waals surface area contributed by atoms with Crippen molar-refractivity contribution in [3.63, 3.8) is 0 Å². The van der Waals surface area contributed by atoms with Crippen LogP contribution in [-0.2, 0) is 16.1 Å². The van der Waals surface area contributed by atoms with Gasteiger partial charge in [-0.1, -0.05) is 25.8 Å². The number of hydrogen-bond donors (Lipinski definition) is 2. The summed E-state index contributed by atoms with van der Waals surface area (Å²) >= 11 is 0. The first-order chi connectivity index (χ1) is 12.0. The van der Waals surface area contributed by atoms with E-state index in [1.54, 1.807) is 0 Å². The minimum atomic E-state index is -0.424. The number of amides is 2. The van der Waals surface area contributed by atoms with E-state index in [0.29, 0.717) is 13.2 Å². The zero-order chi connectivity index (χ0) is 18.2. The molecule has 25 heavy (non-hydrogen) atoms. The summed E-state index contributed by atoms with van der Waals surface area (Å²) in [5.74, 6) is 0.861. The second-order valence-electron chi connectivity index (χ2n) is 6.88. The molecular formula is C20H30N2O3. The van der Waals surface area contributed by atoms with Crippen LogP contribution in [0.3, 0.4) is 0 Å². The topological polar surface area (TPSA) is 67.4 Å². The molecule has 1 aromatic carbocycles. The lowest BCUT2D eigenvalue weighted by Crippen LogP contribution is -2.49. The maximum Gasteiger partial charge on any atom is 0.243 e. The molecule has 2 N–H and O–H groups in total. The summed E-state index contributed by atoms with van der Waals surface area (Å²) in [5.41, 5.74) is 2.15. The smallest absolute Gasteiger partial charge is 0.243 e. The summed E-state index contributed by atoms with van der Waals surface area (Å²) in [7, 11) is 0.